The van der Waals surface area contributed by atoms with E-state index < -0.39 is 6.03 Å². The molecule has 126 valence electrons. The SMILES string of the molecule is C=CCOc1cccc(/C=C2/NC(=O)N(Cc3ccccc3)C2=O)c1. The number of carbonyl (C=O) groups is 2. The van der Waals surface area contributed by atoms with Crippen molar-refractivity contribution in [2.45, 2.75) is 6.54 Å². The molecule has 1 aliphatic heterocycles. The number of amides is 3. The highest BCUT2D eigenvalue weighted by molar-refractivity contribution is 6.13. The lowest BCUT2D eigenvalue weighted by Gasteiger charge is -2.11. The average Bonchev–Trinajstić information content (AvgIpc) is 2.89. The fraction of sp³-hybridized carbons (Fsp3) is 0.100. The largest absolute Gasteiger partial charge is 0.490 e. The molecule has 1 aliphatic rings. The van der Waals surface area contributed by atoms with Gasteiger partial charge in [0.2, 0.25) is 0 Å². The van der Waals surface area contributed by atoms with Gasteiger partial charge in [0.25, 0.3) is 5.91 Å². The standard InChI is InChI=1S/C20H18N2O3/c1-2-11-25-17-10-6-9-16(12-17)13-18-19(23)22(20(24)21-18)14-15-7-4-3-5-8-15/h2-10,12-13H,1,11,14H2,(H,21,24)/b18-13+. The molecule has 0 aliphatic carbocycles. The van der Waals surface area contributed by atoms with Crippen LogP contribution in [0.3, 0.4) is 0 Å². The second-order valence-corrected chi connectivity index (χ2v) is 5.54. The number of ether oxygens (including phenoxy) is 1. The Balaban J connectivity index is 1.77. The van der Waals surface area contributed by atoms with Crippen LogP contribution in [-0.2, 0) is 11.3 Å². The maximum absolute atomic E-state index is 12.5. The number of carbonyl (C=O) groups excluding carboxylic acids is 2. The highest BCUT2D eigenvalue weighted by Gasteiger charge is 2.33. The molecular formula is C20H18N2O3. The monoisotopic (exact) mass is 334 g/mol. The minimum absolute atomic E-state index is 0.241. The van der Waals surface area contributed by atoms with Gasteiger partial charge in [-0.1, -0.05) is 55.1 Å². The minimum atomic E-state index is -0.417. The zero-order valence-corrected chi connectivity index (χ0v) is 13.6. The van der Waals surface area contributed by atoms with Crippen molar-refractivity contribution in [3.8, 4) is 5.75 Å². The molecule has 0 atom stereocenters. The van der Waals surface area contributed by atoms with Crippen molar-refractivity contribution in [1.29, 1.82) is 0 Å². The van der Waals surface area contributed by atoms with Crippen molar-refractivity contribution in [1.82, 2.24) is 10.2 Å². The molecule has 3 rings (SSSR count). The van der Waals surface area contributed by atoms with Gasteiger partial charge in [0.15, 0.2) is 0 Å². The number of hydrogen-bond acceptors (Lipinski definition) is 3. The number of rotatable bonds is 6. The van der Waals surface area contributed by atoms with Gasteiger partial charge in [-0.3, -0.25) is 9.69 Å². The highest BCUT2D eigenvalue weighted by Crippen LogP contribution is 2.19. The van der Waals surface area contributed by atoms with Gasteiger partial charge in [0.1, 0.15) is 18.1 Å². The summed E-state index contributed by atoms with van der Waals surface area (Å²) in [7, 11) is 0. The Labute approximate surface area is 146 Å². The van der Waals surface area contributed by atoms with Crippen LogP contribution in [0.5, 0.6) is 5.75 Å². The third kappa shape index (κ3) is 3.95. The summed E-state index contributed by atoms with van der Waals surface area (Å²) in [6.07, 6.45) is 3.30. The molecule has 0 radical (unpaired) electrons. The van der Waals surface area contributed by atoms with Crippen molar-refractivity contribution >= 4 is 18.0 Å². The molecule has 5 nitrogen and oxygen atoms in total. The zero-order valence-electron chi connectivity index (χ0n) is 13.6. The van der Waals surface area contributed by atoms with E-state index >= 15 is 0 Å². The topological polar surface area (TPSA) is 58.6 Å². The third-order valence-electron chi connectivity index (χ3n) is 3.68. The predicted octanol–water partition coefficient (Wildman–Crippen LogP) is 3.34. The van der Waals surface area contributed by atoms with Crippen LogP contribution in [0.15, 0.2) is 72.9 Å². The molecule has 0 bridgehead atoms. The first-order chi connectivity index (χ1) is 12.2. The zero-order chi connectivity index (χ0) is 17.6. The van der Waals surface area contributed by atoms with Crippen LogP contribution in [0.2, 0.25) is 0 Å². The van der Waals surface area contributed by atoms with Crippen molar-refractivity contribution in [2.75, 3.05) is 6.61 Å². The van der Waals surface area contributed by atoms with Gasteiger partial charge in [-0.15, -0.1) is 0 Å². The number of nitrogens with one attached hydrogen (secondary N) is 1. The van der Waals surface area contributed by atoms with Crippen LogP contribution >= 0.6 is 0 Å². The first-order valence-electron chi connectivity index (χ1n) is 7.89. The molecule has 25 heavy (non-hydrogen) atoms. The molecule has 0 aromatic heterocycles. The van der Waals surface area contributed by atoms with Crippen LogP contribution in [0.4, 0.5) is 4.79 Å². The molecule has 0 unspecified atom stereocenters. The molecule has 1 saturated heterocycles. The van der Waals surface area contributed by atoms with E-state index in [0.29, 0.717) is 12.4 Å². The Bertz CT molecular complexity index is 828. The number of hydrogen-bond donors (Lipinski definition) is 1. The van der Waals surface area contributed by atoms with Crippen molar-refractivity contribution in [3.05, 3.63) is 84.1 Å². The summed E-state index contributed by atoms with van der Waals surface area (Å²) >= 11 is 0. The first-order valence-corrected chi connectivity index (χ1v) is 7.89. The minimum Gasteiger partial charge on any atom is -0.490 e. The normalized spacial score (nSPS) is 15.4. The molecule has 3 amide bonds. The lowest BCUT2D eigenvalue weighted by atomic mass is 10.1. The molecule has 1 fully saturated rings. The van der Waals surface area contributed by atoms with Gasteiger partial charge in [-0.05, 0) is 29.3 Å². The Morgan fingerprint density at radius 3 is 2.64 bits per heavy atom. The summed E-state index contributed by atoms with van der Waals surface area (Å²) < 4.78 is 5.48. The fourth-order valence-corrected chi connectivity index (χ4v) is 2.50. The van der Waals surface area contributed by atoms with E-state index in [1.54, 1.807) is 18.2 Å². The van der Waals surface area contributed by atoms with E-state index in [9.17, 15) is 9.59 Å². The molecule has 2 aromatic rings. The van der Waals surface area contributed by atoms with Crippen LogP contribution in [0.25, 0.3) is 6.08 Å². The van der Waals surface area contributed by atoms with E-state index in [0.717, 1.165) is 11.1 Å². The number of nitrogens with zero attached hydrogens (tertiary/aromatic N) is 1. The van der Waals surface area contributed by atoms with E-state index in [-0.39, 0.29) is 18.1 Å². The summed E-state index contributed by atoms with van der Waals surface area (Å²) in [5.74, 6) is 0.332. The lowest BCUT2D eigenvalue weighted by Crippen LogP contribution is -2.30. The number of benzene rings is 2. The van der Waals surface area contributed by atoms with E-state index in [4.69, 9.17) is 4.74 Å². The van der Waals surface area contributed by atoms with Gasteiger partial charge >= 0.3 is 6.03 Å². The van der Waals surface area contributed by atoms with Gasteiger partial charge in [0, 0.05) is 0 Å². The van der Waals surface area contributed by atoms with Crippen LogP contribution in [-0.4, -0.2) is 23.4 Å². The smallest absolute Gasteiger partial charge is 0.329 e. The lowest BCUT2D eigenvalue weighted by molar-refractivity contribution is -0.123. The third-order valence-corrected chi connectivity index (χ3v) is 3.68. The summed E-state index contributed by atoms with van der Waals surface area (Å²) in [5, 5.41) is 2.63. The molecule has 5 heteroatoms. The summed E-state index contributed by atoms with van der Waals surface area (Å²) in [4.78, 5) is 25.8. The van der Waals surface area contributed by atoms with Crippen molar-refractivity contribution < 1.29 is 14.3 Å². The molecule has 1 N–H and O–H groups in total. The molecule has 1 heterocycles. The van der Waals surface area contributed by atoms with E-state index in [1.165, 1.54) is 4.90 Å². The highest BCUT2D eigenvalue weighted by atomic mass is 16.5. The average molecular weight is 334 g/mol. The number of imide groups is 1. The second kappa shape index (κ2) is 7.49. The summed E-state index contributed by atoms with van der Waals surface area (Å²) in [6, 6.07) is 16.3. The van der Waals surface area contributed by atoms with Crippen molar-refractivity contribution in [2.24, 2.45) is 0 Å². The fourth-order valence-electron chi connectivity index (χ4n) is 2.50. The summed E-state index contributed by atoms with van der Waals surface area (Å²) in [6.45, 7) is 4.25. The first kappa shape index (κ1) is 16.5. The Morgan fingerprint density at radius 2 is 1.88 bits per heavy atom. The van der Waals surface area contributed by atoms with Gasteiger partial charge < -0.3 is 10.1 Å². The predicted molar refractivity (Wildman–Crippen MR) is 95.6 cm³/mol. The maximum Gasteiger partial charge on any atom is 0.329 e. The van der Waals surface area contributed by atoms with E-state index in [1.807, 2.05) is 48.5 Å². The van der Waals surface area contributed by atoms with Crippen LogP contribution < -0.4 is 10.1 Å². The van der Waals surface area contributed by atoms with Gasteiger partial charge in [-0.25, -0.2) is 4.79 Å². The van der Waals surface area contributed by atoms with Crippen molar-refractivity contribution in [3.63, 3.8) is 0 Å². The second-order valence-electron chi connectivity index (χ2n) is 5.54. The molecule has 2 aromatic carbocycles. The van der Waals surface area contributed by atoms with E-state index in [2.05, 4.69) is 11.9 Å². The Morgan fingerprint density at radius 1 is 1.08 bits per heavy atom. The number of urea groups is 1. The maximum atomic E-state index is 12.5. The Kier molecular flexibility index (Phi) is 4.95. The van der Waals surface area contributed by atoms with Gasteiger partial charge in [-0.2, -0.15) is 0 Å². The Hall–Kier alpha value is -3.34. The quantitative estimate of drug-likeness (QED) is 0.501. The van der Waals surface area contributed by atoms with Crippen LogP contribution in [0.1, 0.15) is 11.1 Å². The van der Waals surface area contributed by atoms with Gasteiger partial charge in [0.05, 0.1) is 6.54 Å². The molecule has 0 spiro atoms. The molecular weight excluding hydrogens is 316 g/mol. The molecule has 0 saturated carbocycles. The van der Waals surface area contributed by atoms with Crippen LogP contribution in [0, 0.1) is 0 Å². The summed E-state index contributed by atoms with van der Waals surface area (Å²) in [5.41, 5.74) is 1.92.